The standard InChI is InChI=1S/C51H38N6/c1-33-40(22-27-52)50-47(11-6-28-55-50)56(33)38-16-12-34(13-17-38)35-14-18-39(19-15-35)57-45-10-5-3-8-42(45)49-46(57)21-20-44-48(49)41-7-2-4-9-43(41)51(44,36-23-29-53-30-24-36)37-25-31-54-32-26-37/h2-12,14-32,34H,13,52H2,1H3/b27-22-. The zero-order chi connectivity index (χ0) is 38.1. The number of nitrogens with zero attached hydrogens (tertiary/aromatic N) is 5. The van der Waals surface area contributed by atoms with Gasteiger partial charge >= 0.3 is 0 Å². The molecule has 2 N–H and O–H groups in total. The topological polar surface area (TPSA) is 74.5 Å². The Bertz CT molecular complexity index is 3070. The molecular formula is C51H38N6. The summed E-state index contributed by atoms with van der Waals surface area (Å²) in [7, 11) is 0. The molecule has 5 aromatic heterocycles. The van der Waals surface area contributed by atoms with Gasteiger partial charge in [-0.15, -0.1) is 0 Å². The van der Waals surface area contributed by atoms with Gasteiger partial charge in [-0.2, -0.15) is 0 Å². The summed E-state index contributed by atoms with van der Waals surface area (Å²) in [5, 5.41) is 2.51. The second-order valence-corrected chi connectivity index (χ2v) is 15.0. The predicted molar refractivity (Wildman–Crippen MR) is 232 cm³/mol. The van der Waals surface area contributed by atoms with E-state index in [2.05, 4.69) is 164 Å². The summed E-state index contributed by atoms with van der Waals surface area (Å²) in [5.41, 5.74) is 23.0. The van der Waals surface area contributed by atoms with Gasteiger partial charge in [-0.1, -0.05) is 72.8 Å². The Morgan fingerprint density at radius 2 is 1.40 bits per heavy atom. The van der Waals surface area contributed by atoms with Gasteiger partial charge in [-0.05, 0) is 131 Å². The summed E-state index contributed by atoms with van der Waals surface area (Å²) >= 11 is 0. The summed E-state index contributed by atoms with van der Waals surface area (Å²) in [6.07, 6.45) is 20.8. The van der Waals surface area contributed by atoms with Gasteiger partial charge in [0.25, 0.3) is 0 Å². The maximum atomic E-state index is 5.82. The lowest BCUT2D eigenvalue weighted by Gasteiger charge is -2.33. The number of pyridine rings is 3. The molecule has 0 spiro atoms. The van der Waals surface area contributed by atoms with Crippen molar-refractivity contribution >= 4 is 44.6 Å². The van der Waals surface area contributed by atoms with Gasteiger partial charge in [0, 0.05) is 70.3 Å². The first-order valence-electron chi connectivity index (χ1n) is 19.5. The molecule has 4 aromatic carbocycles. The first-order chi connectivity index (χ1) is 28.2. The molecule has 0 fully saturated rings. The van der Waals surface area contributed by atoms with Crippen LogP contribution in [0.3, 0.4) is 0 Å². The Morgan fingerprint density at radius 3 is 2.14 bits per heavy atom. The van der Waals surface area contributed by atoms with Crippen molar-refractivity contribution in [1.82, 2.24) is 24.1 Å². The molecule has 0 saturated heterocycles. The average molecular weight is 735 g/mol. The zero-order valence-electron chi connectivity index (χ0n) is 31.4. The van der Waals surface area contributed by atoms with Crippen molar-refractivity contribution in [2.24, 2.45) is 5.73 Å². The molecule has 11 rings (SSSR count). The number of aromatic nitrogens is 5. The Hall–Kier alpha value is -7.31. The van der Waals surface area contributed by atoms with Crippen molar-refractivity contribution in [1.29, 1.82) is 0 Å². The number of nitrogens with two attached hydrogens (primary N) is 1. The molecule has 0 saturated carbocycles. The lowest BCUT2D eigenvalue weighted by molar-refractivity contribution is 0.764. The fraction of sp³-hybridized carbons (Fsp3) is 0.0784. The van der Waals surface area contributed by atoms with E-state index in [0.29, 0.717) is 0 Å². The van der Waals surface area contributed by atoms with Crippen LogP contribution in [0.2, 0.25) is 0 Å². The molecule has 0 bridgehead atoms. The van der Waals surface area contributed by atoms with E-state index in [1.807, 2.05) is 43.1 Å². The third-order valence-corrected chi connectivity index (χ3v) is 12.3. The van der Waals surface area contributed by atoms with Crippen LogP contribution in [0.1, 0.15) is 51.4 Å². The number of rotatable bonds is 6. The lowest BCUT2D eigenvalue weighted by atomic mass is 9.68. The summed E-state index contributed by atoms with van der Waals surface area (Å²) in [6, 6.07) is 44.4. The number of hydrogen-bond donors (Lipinski definition) is 1. The minimum Gasteiger partial charge on any atom is -0.405 e. The fourth-order valence-corrected chi connectivity index (χ4v) is 9.88. The largest absolute Gasteiger partial charge is 0.405 e. The first kappa shape index (κ1) is 33.1. The molecule has 1 unspecified atom stereocenters. The van der Waals surface area contributed by atoms with E-state index < -0.39 is 5.41 Å². The molecule has 0 amide bonds. The van der Waals surface area contributed by atoms with E-state index in [4.69, 9.17) is 5.73 Å². The van der Waals surface area contributed by atoms with Crippen LogP contribution in [0.15, 0.2) is 177 Å². The third kappa shape index (κ3) is 4.74. The normalized spacial score (nSPS) is 15.7. The van der Waals surface area contributed by atoms with Crippen LogP contribution in [0.25, 0.3) is 61.4 Å². The predicted octanol–water partition coefficient (Wildman–Crippen LogP) is 11.1. The van der Waals surface area contributed by atoms with Crippen molar-refractivity contribution in [2.45, 2.75) is 24.7 Å². The van der Waals surface area contributed by atoms with Gasteiger partial charge in [-0.3, -0.25) is 15.0 Å². The fourth-order valence-electron chi connectivity index (χ4n) is 9.88. The number of hydrogen-bond acceptors (Lipinski definition) is 4. The lowest BCUT2D eigenvalue weighted by Crippen LogP contribution is -2.28. The molecule has 9 aromatic rings. The number of benzene rings is 4. The van der Waals surface area contributed by atoms with E-state index in [0.717, 1.165) is 40.1 Å². The van der Waals surface area contributed by atoms with Crippen LogP contribution in [0.4, 0.5) is 0 Å². The highest BCUT2D eigenvalue weighted by Gasteiger charge is 2.47. The van der Waals surface area contributed by atoms with E-state index in [1.165, 1.54) is 60.8 Å². The second-order valence-electron chi connectivity index (χ2n) is 15.0. The van der Waals surface area contributed by atoms with Crippen molar-refractivity contribution < 1.29 is 0 Å². The van der Waals surface area contributed by atoms with Crippen LogP contribution in [-0.4, -0.2) is 24.1 Å². The summed E-state index contributed by atoms with van der Waals surface area (Å²) in [4.78, 5) is 13.5. The SMILES string of the molecule is Cc1c(/C=C\N)c2ncccc2n1C1=CCC(c2ccc(-n3c4ccccc4c4c5c(ccc43)C(c3ccncc3)(c3ccncc3)c3ccccc3-5)cc2)C=C1. The number of fused-ring (bicyclic) bond motifs is 8. The number of allylic oxidation sites excluding steroid dienone is 4. The highest BCUT2D eigenvalue weighted by atomic mass is 15.0. The zero-order valence-corrected chi connectivity index (χ0v) is 31.4. The molecule has 57 heavy (non-hydrogen) atoms. The molecule has 0 radical (unpaired) electrons. The van der Waals surface area contributed by atoms with Crippen molar-refractivity contribution in [2.75, 3.05) is 0 Å². The molecule has 5 heterocycles. The van der Waals surface area contributed by atoms with Crippen molar-refractivity contribution in [3.05, 3.63) is 216 Å². The van der Waals surface area contributed by atoms with Crippen molar-refractivity contribution in [3.63, 3.8) is 0 Å². The molecule has 6 nitrogen and oxygen atoms in total. The molecule has 272 valence electrons. The minimum absolute atomic E-state index is 0.277. The number of para-hydroxylation sites is 1. The first-order valence-corrected chi connectivity index (χ1v) is 19.5. The Kier molecular flexibility index (Phi) is 7.48. The van der Waals surface area contributed by atoms with Gasteiger partial charge in [0.15, 0.2) is 0 Å². The highest BCUT2D eigenvalue weighted by Crippen LogP contribution is 2.58. The summed E-state index contributed by atoms with van der Waals surface area (Å²) < 4.78 is 4.73. The van der Waals surface area contributed by atoms with Gasteiger partial charge in [0.1, 0.15) is 0 Å². The molecule has 1 atom stereocenters. The Morgan fingerprint density at radius 1 is 0.684 bits per heavy atom. The van der Waals surface area contributed by atoms with E-state index in [-0.39, 0.29) is 5.92 Å². The monoisotopic (exact) mass is 734 g/mol. The van der Waals surface area contributed by atoms with E-state index >= 15 is 0 Å². The van der Waals surface area contributed by atoms with Gasteiger partial charge < -0.3 is 14.9 Å². The van der Waals surface area contributed by atoms with Gasteiger partial charge in [0.2, 0.25) is 0 Å². The van der Waals surface area contributed by atoms with Crippen LogP contribution in [0, 0.1) is 6.92 Å². The van der Waals surface area contributed by atoms with Gasteiger partial charge in [0.05, 0.1) is 27.5 Å². The molecule has 6 heteroatoms. The smallest absolute Gasteiger partial charge is 0.0960 e. The second kappa shape index (κ2) is 12.9. The Balaban J connectivity index is 1.02. The van der Waals surface area contributed by atoms with Crippen LogP contribution >= 0.6 is 0 Å². The summed E-state index contributed by atoms with van der Waals surface area (Å²) in [6.45, 7) is 2.14. The summed E-state index contributed by atoms with van der Waals surface area (Å²) in [5.74, 6) is 0.277. The molecular weight excluding hydrogens is 697 g/mol. The van der Waals surface area contributed by atoms with Crippen LogP contribution < -0.4 is 5.73 Å². The molecule has 0 aliphatic heterocycles. The highest BCUT2D eigenvalue weighted by molar-refractivity contribution is 6.18. The minimum atomic E-state index is -0.521. The average Bonchev–Trinajstić information content (AvgIpc) is 3.88. The van der Waals surface area contributed by atoms with Crippen LogP contribution in [0.5, 0.6) is 0 Å². The third-order valence-electron chi connectivity index (χ3n) is 12.3. The quantitative estimate of drug-likeness (QED) is 0.185. The maximum absolute atomic E-state index is 5.82. The van der Waals surface area contributed by atoms with Crippen LogP contribution in [-0.2, 0) is 5.41 Å². The van der Waals surface area contributed by atoms with E-state index in [9.17, 15) is 0 Å². The maximum Gasteiger partial charge on any atom is 0.0960 e. The van der Waals surface area contributed by atoms with Crippen molar-refractivity contribution in [3.8, 4) is 16.8 Å². The van der Waals surface area contributed by atoms with E-state index in [1.54, 1.807) is 6.20 Å². The molecule has 2 aliphatic carbocycles. The molecule has 2 aliphatic rings. The Labute approximate surface area is 330 Å². The van der Waals surface area contributed by atoms with Gasteiger partial charge in [-0.25, -0.2) is 0 Å².